The average Bonchev–Trinajstić information content (AvgIpc) is 2.72. The van der Waals surface area contributed by atoms with Crippen LogP contribution in [0.4, 0.5) is 0 Å². The summed E-state index contributed by atoms with van der Waals surface area (Å²) in [7, 11) is 1.64. The van der Waals surface area contributed by atoms with Crippen molar-refractivity contribution in [2.45, 2.75) is 70.6 Å². The minimum absolute atomic E-state index is 0.118. The number of carbonyl (C=O) groups excluding carboxylic acids is 1. The van der Waals surface area contributed by atoms with Crippen LogP contribution in [0.15, 0.2) is 36.4 Å². The molecule has 2 aliphatic rings. The van der Waals surface area contributed by atoms with Crippen LogP contribution in [0, 0.1) is 0 Å². The molecule has 2 aromatic carbocycles. The summed E-state index contributed by atoms with van der Waals surface area (Å²) in [6, 6.07) is 11.8. The highest BCUT2D eigenvalue weighted by molar-refractivity contribution is 5.81. The number of hydrogen-bond acceptors (Lipinski definition) is 4. The molecule has 1 N–H and O–H groups in total. The van der Waals surface area contributed by atoms with E-state index in [0.717, 1.165) is 35.7 Å². The third-order valence-corrected chi connectivity index (χ3v) is 6.02. The number of nitrogens with one attached hydrogen (secondary N) is 1. The molecule has 160 valence electrons. The molecule has 0 saturated heterocycles. The third-order valence-electron chi connectivity index (χ3n) is 6.02. The fraction of sp³-hybridized carbons (Fsp3) is 0.480. The van der Waals surface area contributed by atoms with Gasteiger partial charge in [0.15, 0.2) is 6.10 Å². The number of methoxy groups -OCH3 is 1. The Morgan fingerprint density at radius 2 is 2.00 bits per heavy atom. The Morgan fingerprint density at radius 1 is 1.20 bits per heavy atom. The fourth-order valence-electron chi connectivity index (χ4n) is 4.48. The fourth-order valence-corrected chi connectivity index (χ4v) is 4.48. The van der Waals surface area contributed by atoms with E-state index in [4.69, 9.17) is 14.2 Å². The zero-order valence-electron chi connectivity index (χ0n) is 18.3. The molecule has 5 nitrogen and oxygen atoms in total. The Bertz CT molecular complexity index is 937. The highest BCUT2D eigenvalue weighted by Crippen LogP contribution is 2.41. The Morgan fingerprint density at radius 3 is 2.80 bits per heavy atom. The van der Waals surface area contributed by atoms with Gasteiger partial charge in [-0.3, -0.25) is 4.79 Å². The molecular weight excluding hydrogens is 378 g/mol. The molecule has 0 spiro atoms. The Kier molecular flexibility index (Phi) is 5.63. The van der Waals surface area contributed by atoms with E-state index in [-0.39, 0.29) is 17.6 Å². The lowest BCUT2D eigenvalue weighted by molar-refractivity contribution is -0.128. The number of aryl methyl sites for hydroxylation is 1. The van der Waals surface area contributed by atoms with Crippen LogP contribution in [0.3, 0.4) is 0 Å². The lowest BCUT2D eigenvalue weighted by atomic mass is 9.89. The molecule has 0 bridgehead atoms. The van der Waals surface area contributed by atoms with Crippen molar-refractivity contribution < 1.29 is 19.0 Å². The van der Waals surface area contributed by atoms with Crippen molar-refractivity contribution in [3.05, 3.63) is 53.1 Å². The first-order chi connectivity index (χ1) is 14.4. The second-order valence-corrected chi connectivity index (χ2v) is 8.89. The number of benzene rings is 2. The predicted octanol–water partition coefficient (Wildman–Crippen LogP) is 4.76. The van der Waals surface area contributed by atoms with Crippen LogP contribution < -0.4 is 19.5 Å². The van der Waals surface area contributed by atoms with Gasteiger partial charge in [0, 0.05) is 18.1 Å². The van der Waals surface area contributed by atoms with Gasteiger partial charge in [0.25, 0.3) is 5.91 Å². The van der Waals surface area contributed by atoms with Gasteiger partial charge in [-0.25, -0.2) is 0 Å². The van der Waals surface area contributed by atoms with Crippen molar-refractivity contribution >= 4 is 5.91 Å². The van der Waals surface area contributed by atoms with E-state index in [1.807, 2.05) is 51.1 Å². The highest BCUT2D eigenvalue weighted by Gasteiger charge is 2.35. The van der Waals surface area contributed by atoms with E-state index in [2.05, 4.69) is 11.4 Å². The largest absolute Gasteiger partial charge is 0.497 e. The molecule has 2 atom stereocenters. The SMILES string of the molecule is COc1ccc2c(c1)OC(C)(C)C[C@H]2NC(=O)[C@H](C)Oc1cccc2c1CCCC2. The normalized spacial score (nSPS) is 20.2. The maximum atomic E-state index is 13.0. The first kappa shape index (κ1) is 20.6. The zero-order valence-corrected chi connectivity index (χ0v) is 18.3. The number of rotatable bonds is 5. The summed E-state index contributed by atoms with van der Waals surface area (Å²) in [6.45, 7) is 5.88. The zero-order chi connectivity index (χ0) is 21.3. The molecule has 1 heterocycles. The van der Waals surface area contributed by atoms with Gasteiger partial charge in [-0.1, -0.05) is 12.1 Å². The van der Waals surface area contributed by atoms with Gasteiger partial charge in [-0.05, 0) is 75.8 Å². The van der Waals surface area contributed by atoms with Crippen LogP contribution >= 0.6 is 0 Å². The van der Waals surface area contributed by atoms with Gasteiger partial charge in [-0.15, -0.1) is 0 Å². The first-order valence-electron chi connectivity index (χ1n) is 10.8. The molecule has 1 aliphatic heterocycles. The molecule has 4 rings (SSSR count). The van der Waals surface area contributed by atoms with E-state index in [9.17, 15) is 4.79 Å². The molecule has 0 fully saturated rings. The Balaban J connectivity index is 1.50. The standard InChI is InChI=1S/C25H31NO4/c1-16(29-22-11-7-9-17-8-5-6-10-19(17)22)24(27)26-21-15-25(2,3)30-23-14-18(28-4)12-13-20(21)23/h7,9,11-14,16,21H,5-6,8,10,15H2,1-4H3,(H,26,27)/t16-,21+/m0/s1. The molecule has 1 amide bonds. The molecule has 1 aliphatic carbocycles. The minimum atomic E-state index is -0.578. The summed E-state index contributed by atoms with van der Waals surface area (Å²) in [6.07, 6.45) is 4.60. The van der Waals surface area contributed by atoms with E-state index in [0.29, 0.717) is 6.42 Å². The van der Waals surface area contributed by atoms with Crippen LogP contribution in [0.25, 0.3) is 0 Å². The van der Waals surface area contributed by atoms with Crippen molar-refractivity contribution in [3.63, 3.8) is 0 Å². The van der Waals surface area contributed by atoms with Gasteiger partial charge in [0.1, 0.15) is 22.8 Å². The number of hydrogen-bond donors (Lipinski definition) is 1. The van der Waals surface area contributed by atoms with Crippen LogP contribution in [0.2, 0.25) is 0 Å². The van der Waals surface area contributed by atoms with Crippen LogP contribution in [-0.4, -0.2) is 24.7 Å². The Labute approximate surface area is 178 Å². The number of carbonyl (C=O) groups is 1. The van der Waals surface area contributed by atoms with E-state index in [1.54, 1.807) is 7.11 Å². The van der Waals surface area contributed by atoms with Crippen LogP contribution in [-0.2, 0) is 17.6 Å². The second-order valence-electron chi connectivity index (χ2n) is 8.89. The molecule has 0 saturated carbocycles. The summed E-state index contributed by atoms with van der Waals surface area (Å²) in [4.78, 5) is 13.0. The predicted molar refractivity (Wildman–Crippen MR) is 116 cm³/mol. The maximum absolute atomic E-state index is 13.0. The summed E-state index contributed by atoms with van der Waals surface area (Å²) in [5.74, 6) is 2.21. The molecule has 0 aromatic heterocycles. The van der Waals surface area contributed by atoms with Gasteiger partial charge >= 0.3 is 0 Å². The smallest absolute Gasteiger partial charge is 0.261 e. The second kappa shape index (κ2) is 8.21. The molecule has 0 unspecified atom stereocenters. The van der Waals surface area contributed by atoms with Gasteiger partial charge in [0.05, 0.1) is 13.2 Å². The van der Waals surface area contributed by atoms with Gasteiger partial charge in [-0.2, -0.15) is 0 Å². The summed E-state index contributed by atoms with van der Waals surface area (Å²) in [5.41, 5.74) is 3.18. The monoisotopic (exact) mass is 409 g/mol. The summed E-state index contributed by atoms with van der Waals surface area (Å²) >= 11 is 0. The van der Waals surface area contributed by atoms with Gasteiger partial charge < -0.3 is 19.5 Å². The number of ether oxygens (including phenoxy) is 3. The first-order valence-corrected chi connectivity index (χ1v) is 10.8. The Hall–Kier alpha value is -2.69. The van der Waals surface area contributed by atoms with Crippen LogP contribution in [0.1, 0.15) is 62.8 Å². The number of fused-ring (bicyclic) bond motifs is 2. The number of amides is 1. The maximum Gasteiger partial charge on any atom is 0.261 e. The molecule has 30 heavy (non-hydrogen) atoms. The van der Waals surface area contributed by atoms with E-state index < -0.39 is 6.10 Å². The lowest BCUT2D eigenvalue weighted by Crippen LogP contribution is -2.44. The van der Waals surface area contributed by atoms with Crippen molar-refractivity contribution in [3.8, 4) is 17.2 Å². The molecular formula is C25H31NO4. The minimum Gasteiger partial charge on any atom is -0.497 e. The van der Waals surface area contributed by atoms with Crippen molar-refractivity contribution in [2.75, 3.05) is 7.11 Å². The van der Waals surface area contributed by atoms with Gasteiger partial charge in [0.2, 0.25) is 0 Å². The van der Waals surface area contributed by atoms with Crippen LogP contribution in [0.5, 0.6) is 17.2 Å². The highest BCUT2D eigenvalue weighted by atomic mass is 16.5. The summed E-state index contributed by atoms with van der Waals surface area (Å²) < 4.78 is 17.6. The molecule has 0 radical (unpaired) electrons. The topological polar surface area (TPSA) is 56.8 Å². The van der Waals surface area contributed by atoms with E-state index in [1.165, 1.54) is 24.0 Å². The summed E-state index contributed by atoms with van der Waals surface area (Å²) in [5, 5.41) is 3.18. The molecule has 2 aromatic rings. The van der Waals surface area contributed by atoms with Crippen molar-refractivity contribution in [1.82, 2.24) is 5.32 Å². The van der Waals surface area contributed by atoms with Crippen molar-refractivity contribution in [1.29, 1.82) is 0 Å². The van der Waals surface area contributed by atoms with Crippen molar-refractivity contribution in [2.24, 2.45) is 0 Å². The lowest BCUT2D eigenvalue weighted by Gasteiger charge is -2.38. The van der Waals surface area contributed by atoms with E-state index >= 15 is 0 Å². The third kappa shape index (κ3) is 4.25. The quantitative estimate of drug-likeness (QED) is 0.774. The average molecular weight is 410 g/mol. The molecule has 5 heteroatoms.